The number of halogens is 3. The number of carbonyl (C=O) groups is 1. The van der Waals surface area contributed by atoms with Gasteiger partial charge in [0.25, 0.3) is 0 Å². The number of unbranched alkanes of at least 4 members (excludes halogenated alkanes) is 10. The first-order valence-corrected chi connectivity index (χ1v) is 12.0. The zero-order valence-electron chi connectivity index (χ0n) is 19.6. The van der Waals surface area contributed by atoms with Gasteiger partial charge in [0.1, 0.15) is 12.1 Å². The first kappa shape index (κ1) is 29.5. The highest BCUT2D eigenvalue weighted by molar-refractivity contribution is 5.89. The van der Waals surface area contributed by atoms with Crippen molar-refractivity contribution in [3.05, 3.63) is 58.5 Å². The molecule has 0 aromatic heterocycles. The van der Waals surface area contributed by atoms with E-state index in [0.717, 1.165) is 57.8 Å². The molecule has 0 bridgehead atoms. The molecule has 0 aliphatic heterocycles. The maximum absolute atomic E-state index is 12.3. The van der Waals surface area contributed by atoms with Crippen LogP contribution in [0.15, 0.2) is 47.6 Å². The summed E-state index contributed by atoms with van der Waals surface area (Å²) in [6, 6.07) is 7.57. The van der Waals surface area contributed by atoms with E-state index in [2.05, 4.69) is 10.0 Å². The molecular formula is C25H36F3N3O3. The molecule has 0 saturated carbocycles. The molecule has 0 aliphatic carbocycles. The predicted octanol–water partition coefficient (Wildman–Crippen LogP) is 7.68. The maximum Gasteiger partial charge on any atom is 0.389 e. The zero-order valence-corrected chi connectivity index (χ0v) is 19.6. The van der Waals surface area contributed by atoms with E-state index in [-0.39, 0.29) is 6.42 Å². The van der Waals surface area contributed by atoms with Gasteiger partial charge in [0.2, 0.25) is 0 Å². The van der Waals surface area contributed by atoms with Gasteiger partial charge in [-0.1, -0.05) is 80.8 Å². The van der Waals surface area contributed by atoms with Crippen LogP contribution in [0.3, 0.4) is 0 Å². The van der Waals surface area contributed by atoms with Crippen LogP contribution in [0, 0.1) is 0 Å². The highest BCUT2D eigenvalue weighted by atomic mass is 19.4. The highest BCUT2D eigenvalue weighted by Crippen LogP contribution is 2.23. The molecule has 9 heteroatoms. The van der Waals surface area contributed by atoms with Crippen LogP contribution >= 0.6 is 0 Å². The summed E-state index contributed by atoms with van der Waals surface area (Å²) in [4.78, 5) is 15.1. The number of rotatable bonds is 18. The highest BCUT2D eigenvalue weighted by Gasteiger charge is 2.25. The van der Waals surface area contributed by atoms with E-state index in [1.807, 2.05) is 6.08 Å². The second kappa shape index (κ2) is 17.9. The van der Waals surface area contributed by atoms with Gasteiger partial charge in [-0.05, 0) is 43.0 Å². The largest absolute Gasteiger partial charge is 0.454 e. The summed E-state index contributed by atoms with van der Waals surface area (Å²) >= 11 is 0. The molecule has 0 aliphatic rings. The zero-order chi connectivity index (χ0) is 25.1. The van der Waals surface area contributed by atoms with E-state index < -0.39 is 37.3 Å². The Labute approximate surface area is 199 Å². The molecule has 0 saturated heterocycles. The fourth-order valence-electron chi connectivity index (χ4n) is 3.52. The van der Waals surface area contributed by atoms with Crippen LogP contribution in [0.2, 0.25) is 0 Å². The number of azide groups is 1. The molecule has 0 fully saturated rings. The SMILES string of the molecule is [N-]=[N+]=N[C@@H](CO)[C@@H](/C=C/CCCCCCCCCCCCC(F)(F)F)OC(=O)c1ccccc1. The molecule has 6 nitrogen and oxygen atoms in total. The van der Waals surface area contributed by atoms with Gasteiger partial charge in [-0.3, -0.25) is 0 Å². The monoisotopic (exact) mass is 483 g/mol. The second-order valence-corrected chi connectivity index (χ2v) is 8.31. The minimum absolute atomic E-state index is 0.227. The minimum Gasteiger partial charge on any atom is -0.454 e. The number of allylic oxidation sites excluding steroid dienone is 1. The molecular weight excluding hydrogens is 447 g/mol. The summed E-state index contributed by atoms with van der Waals surface area (Å²) in [5.41, 5.74) is 9.10. The van der Waals surface area contributed by atoms with Crippen molar-refractivity contribution in [2.24, 2.45) is 5.11 Å². The van der Waals surface area contributed by atoms with Crippen molar-refractivity contribution in [2.75, 3.05) is 6.61 Å². The summed E-state index contributed by atoms with van der Waals surface area (Å²) in [5, 5.41) is 13.0. The summed E-state index contributed by atoms with van der Waals surface area (Å²) < 4.78 is 41.7. The first-order chi connectivity index (χ1) is 16.4. The number of nitrogens with zero attached hydrogens (tertiary/aromatic N) is 3. The van der Waals surface area contributed by atoms with E-state index in [4.69, 9.17) is 10.3 Å². The van der Waals surface area contributed by atoms with Crippen molar-refractivity contribution in [3.8, 4) is 0 Å². The number of aliphatic hydroxyl groups excluding tert-OH is 1. The topological polar surface area (TPSA) is 95.3 Å². The lowest BCUT2D eigenvalue weighted by atomic mass is 10.0. The van der Waals surface area contributed by atoms with Crippen molar-refractivity contribution < 1.29 is 27.8 Å². The summed E-state index contributed by atoms with van der Waals surface area (Å²) in [6.07, 6.45) is 7.81. The van der Waals surface area contributed by atoms with E-state index in [9.17, 15) is 23.1 Å². The third-order valence-corrected chi connectivity index (χ3v) is 5.43. The van der Waals surface area contributed by atoms with Crippen LogP contribution < -0.4 is 0 Å². The number of alkyl halides is 3. The van der Waals surface area contributed by atoms with Crippen LogP contribution in [0.5, 0.6) is 0 Å². The smallest absolute Gasteiger partial charge is 0.389 e. The fraction of sp³-hybridized carbons (Fsp3) is 0.640. The molecule has 0 spiro atoms. The molecule has 2 atom stereocenters. The molecule has 1 aromatic carbocycles. The number of benzene rings is 1. The molecule has 0 unspecified atom stereocenters. The number of aliphatic hydroxyl groups is 1. The van der Waals surface area contributed by atoms with Gasteiger partial charge < -0.3 is 9.84 Å². The van der Waals surface area contributed by atoms with Gasteiger partial charge in [0, 0.05) is 11.3 Å². The first-order valence-electron chi connectivity index (χ1n) is 12.0. The third-order valence-electron chi connectivity index (χ3n) is 5.43. The number of ether oxygens (including phenoxy) is 1. The number of carbonyl (C=O) groups excluding carboxylic acids is 1. The van der Waals surface area contributed by atoms with E-state index in [0.29, 0.717) is 12.0 Å². The van der Waals surface area contributed by atoms with Crippen molar-refractivity contribution in [3.63, 3.8) is 0 Å². The van der Waals surface area contributed by atoms with Crippen molar-refractivity contribution in [1.29, 1.82) is 0 Å². The average Bonchev–Trinajstić information content (AvgIpc) is 2.81. The molecule has 1 aromatic rings. The Morgan fingerprint density at radius 1 is 1.00 bits per heavy atom. The predicted molar refractivity (Wildman–Crippen MR) is 126 cm³/mol. The Morgan fingerprint density at radius 2 is 1.56 bits per heavy atom. The van der Waals surface area contributed by atoms with Gasteiger partial charge in [-0.25, -0.2) is 4.79 Å². The summed E-state index contributed by atoms with van der Waals surface area (Å²) in [6.45, 7) is -0.441. The van der Waals surface area contributed by atoms with Crippen molar-refractivity contribution >= 4 is 5.97 Å². The van der Waals surface area contributed by atoms with Crippen LogP contribution in [0.4, 0.5) is 13.2 Å². The quantitative estimate of drug-likeness (QED) is 0.0579. The third kappa shape index (κ3) is 14.6. The Kier molecular flexibility index (Phi) is 15.5. The number of hydrogen-bond donors (Lipinski definition) is 1. The molecule has 0 radical (unpaired) electrons. The lowest BCUT2D eigenvalue weighted by molar-refractivity contribution is -0.135. The minimum atomic E-state index is -4.03. The molecule has 1 N–H and O–H groups in total. The molecule has 1 rings (SSSR count). The molecule has 0 heterocycles. The Morgan fingerprint density at radius 3 is 2.09 bits per heavy atom. The van der Waals surface area contributed by atoms with Crippen molar-refractivity contribution in [1.82, 2.24) is 0 Å². The van der Waals surface area contributed by atoms with E-state index in [1.165, 1.54) is 0 Å². The molecule has 34 heavy (non-hydrogen) atoms. The summed E-state index contributed by atoms with van der Waals surface area (Å²) in [5.74, 6) is -0.554. The van der Waals surface area contributed by atoms with Gasteiger partial charge in [-0.15, -0.1) is 0 Å². The van der Waals surface area contributed by atoms with Crippen LogP contribution in [0.25, 0.3) is 10.4 Å². The van der Waals surface area contributed by atoms with Crippen LogP contribution in [-0.4, -0.2) is 36.0 Å². The Bertz CT molecular complexity index is 751. The van der Waals surface area contributed by atoms with Crippen molar-refractivity contribution in [2.45, 2.75) is 95.4 Å². The van der Waals surface area contributed by atoms with Crippen LogP contribution in [-0.2, 0) is 4.74 Å². The fourth-order valence-corrected chi connectivity index (χ4v) is 3.52. The number of hydrogen-bond acceptors (Lipinski definition) is 4. The van der Waals surface area contributed by atoms with E-state index in [1.54, 1.807) is 36.4 Å². The lowest BCUT2D eigenvalue weighted by Crippen LogP contribution is -2.31. The average molecular weight is 484 g/mol. The Balaban J connectivity index is 2.23. The lowest BCUT2D eigenvalue weighted by Gasteiger charge is -2.19. The Hall–Kier alpha value is -2.51. The summed E-state index contributed by atoms with van der Waals surface area (Å²) in [7, 11) is 0. The van der Waals surface area contributed by atoms with Crippen LogP contribution in [0.1, 0.15) is 87.4 Å². The van der Waals surface area contributed by atoms with Gasteiger partial charge in [0.15, 0.2) is 0 Å². The second-order valence-electron chi connectivity index (χ2n) is 8.31. The maximum atomic E-state index is 12.3. The van der Waals surface area contributed by atoms with Gasteiger partial charge in [-0.2, -0.15) is 13.2 Å². The van der Waals surface area contributed by atoms with E-state index >= 15 is 0 Å². The van der Waals surface area contributed by atoms with Gasteiger partial charge >= 0.3 is 12.1 Å². The van der Waals surface area contributed by atoms with Gasteiger partial charge in [0.05, 0.1) is 12.2 Å². The standard InChI is InChI=1S/C25H36F3N3O3/c26-25(27,28)19-15-10-8-6-4-2-1-3-5-7-9-14-18-23(22(20-32)30-31-29)34-24(33)21-16-12-11-13-17-21/h11-14,16-18,22-23,32H,1-10,15,19-20H2/b18-14+/t22-,23+/m0/s1. The number of esters is 1. The molecule has 0 amide bonds. The molecule has 190 valence electrons. The normalized spacial score (nSPS) is 13.4.